The zero-order valence-electron chi connectivity index (χ0n) is 6.32. The summed E-state index contributed by atoms with van der Waals surface area (Å²) in [5.74, 6) is 9.67. The van der Waals surface area contributed by atoms with Crippen LogP contribution >= 0.6 is 0 Å². The molecule has 11 heavy (non-hydrogen) atoms. The molecule has 0 aromatic heterocycles. The molecule has 0 amide bonds. The third-order valence-corrected chi connectivity index (χ3v) is 1.55. The number of aliphatic hydroxyl groups excluding tert-OH is 1. The Labute approximate surface area is 65.1 Å². The van der Waals surface area contributed by atoms with Crippen LogP contribution in [-0.4, -0.2) is 31.5 Å². The monoisotopic (exact) mass is 165 g/mol. The van der Waals surface area contributed by atoms with Gasteiger partial charge in [-0.05, 0) is 0 Å². The van der Waals surface area contributed by atoms with E-state index in [4.69, 9.17) is 22.6 Å². The highest BCUT2D eigenvalue weighted by atomic mass is 16.6. The number of hydrogen-bond acceptors (Lipinski definition) is 6. The highest BCUT2D eigenvalue weighted by molar-refractivity contribution is 4.78. The molecule has 0 aromatic rings. The van der Waals surface area contributed by atoms with Crippen molar-refractivity contribution in [3.8, 4) is 0 Å². The van der Waals surface area contributed by atoms with Gasteiger partial charge >= 0.3 is 0 Å². The highest BCUT2D eigenvalue weighted by Crippen LogP contribution is 2.13. The number of hydrogen-bond donors (Lipinski definition) is 4. The summed E-state index contributed by atoms with van der Waals surface area (Å²) in [5.41, 5.74) is 4.68. The number of rotatable bonds is 6. The van der Waals surface area contributed by atoms with Crippen LogP contribution in [0.3, 0.4) is 0 Å². The smallest absolute Gasteiger partial charge is 0.0792 e. The molecule has 0 aliphatic rings. The molecule has 68 valence electrons. The summed E-state index contributed by atoms with van der Waals surface area (Å²) >= 11 is 0. The molecule has 0 aromatic carbocycles. The maximum Gasteiger partial charge on any atom is 0.0792 e. The Bertz CT molecular complexity index is 89.0. The summed E-state index contributed by atoms with van der Waals surface area (Å²) in [6.07, 6.45) is 0. The van der Waals surface area contributed by atoms with Crippen molar-refractivity contribution in [1.82, 2.24) is 0 Å². The average Bonchev–Trinajstić information content (AvgIpc) is 2.04. The highest BCUT2D eigenvalue weighted by Gasteiger charge is 2.28. The standard InChI is InChI=1S/C5H15N3O3/c6-1-5(2-9,3-10-7)4-11-8/h9H,1-4,6-8H2. The van der Waals surface area contributed by atoms with Crippen LogP contribution in [0.25, 0.3) is 0 Å². The molecule has 0 heterocycles. The van der Waals surface area contributed by atoms with Crippen LogP contribution in [0.2, 0.25) is 0 Å². The molecule has 0 fully saturated rings. The molecule has 0 aliphatic heterocycles. The molecule has 0 rings (SSSR count). The fourth-order valence-electron chi connectivity index (χ4n) is 0.669. The van der Waals surface area contributed by atoms with Crippen LogP contribution in [-0.2, 0) is 9.68 Å². The van der Waals surface area contributed by atoms with Crippen LogP contribution in [0.1, 0.15) is 0 Å². The van der Waals surface area contributed by atoms with Gasteiger partial charge in [-0.15, -0.1) is 0 Å². The van der Waals surface area contributed by atoms with Gasteiger partial charge in [0.25, 0.3) is 0 Å². The van der Waals surface area contributed by atoms with Gasteiger partial charge in [-0.1, -0.05) is 0 Å². The van der Waals surface area contributed by atoms with E-state index in [-0.39, 0.29) is 26.4 Å². The minimum atomic E-state index is -0.677. The quantitative estimate of drug-likeness (QED) is 0.329. The van der Waals surface area contributed by atoms with E-state index < -0.39 is 5.41 Å². The van der Waals surface area contributed by atoms with Crippen molar-refractivity contribution in [3.05, 3.63) is 0 Å². The van der Waals surface area contributed by atoms with Gasteiger partial charge in [-0.25, -0.2) is 11.8 Å². The summed E-state index contributed by atoms with van der Waals surface area (Å²) in [6, 6.07) is 0. The first-order valence-corrected chi connectivity index (χ1v) is 3.19. The minimum Gasteiger partial charge on any atom is -0.396 e. The third-order valence-electron chi connectivity index (χ3n) is 1.55. The van der Waals surface area contributed by atoms with E-state index >= 15 is 0 Å². The van der Waals surface area contributed by atoms with Crippen molar-refractivity contribution in [2.45, 2.75) is 0 Å². The van der Waals surface area contributed by atoms with Crippen molar-refractivity contribution in [2.75, 3.05) is 26.4 Å². The first-order valence-electron chi connectivity index (χ1n) is 3.19. The summed E-state index contributed by atoms with van der Waals surface area (Å²) in [5, 5.41) is 8.89. The predicted molar refractivity (Wildman–Crippen MR) is 38.9 cm³/mol. The second-order valence-corrected chi connectivity index (χ2v) is 2.48. The molecule has 0 bridgehead atoms. The van der Waals surface area contributed by atoms with Crippen molar-refractivity contribution in [3.63, 3.8) is 0 Å². The lowest BCUT2D eigenvalue weighted by molar-refractivity contribution is -0.0476. The zero-order chi connectivity index (χ0) is 8.74. The first kappa shape index (κ1) is 10.8. The Morgan fingerprint density at radius 3 is 1.82 bits per heavy atom. The molecule has 0 radical (unpaired) electrons. The summed E-state index contributed by atoms with van der Waals surface area (Å²) in [7, 11) is 0. The molecule has 7 N–H and O–H groups in total. The Balaban J connectivity index is 3.96. The fourth-order valence-corrected chi connectivity index (χ4v) is 0.669. The average molecular weight is 165 g/mol. The Morgan fingerprint density at radius 1 is 1.18 bits per heavy atom. The molecule has 6 nitrogen and oxygen atoms in total. The van der Waals surface area contributed by atoms with Crippen molar-refractivity contribution >= 4 is 0 Å². The van der Waals surface area contributed by atoms with E-state index in [2.05, 4.69) is 9.68 Å². The minimum absolute atomic E-state index is 0.122. The zero-order valence-corrected chi connectivity index (χ0v) is 6.32. The fraction of sp³-hybridized carbons (Fsp3) is 1.00. The van der Waals surface area contributed by atoms with Gasteiger partial charge in [-0.2, -0.15) is 0 Å². The predicted octanol–water partition coefficient (Wildman–Crippen LogP) is -2.30. The normalized spacial score (nSPS) is 12.0. The molecule has 0 saturated carbocycles. The Kier molecular flexibility index (Phi) is 5.30. The van der Waals surface area contributed by atoms with Crippen molar-refractivity contribution in [2.24, 2.45) is 22.9 Å². The SMILES string of the molecule is NCC(CO)(CON)CON. The van der Waals surface area contributed by atoms with E-state index in [1.807, 2.05) is 0 Å². The lowest BCUT2D eigenvalue weighted by Crippen LogP contribution is -2.44. The third kappa shape index (κ3) is 3.10. The van der Waals surface area contributed by atoms with Gasteiger partial charge in [0.1, 0.15) is 0 Å². The van der Waals surface area contributed by atoms with Crippen LogP contribution in [0, 0.1) is 5.41 Å². The second-order valence-electron chi connectivity index (χ2n) is 2.48. The van der Waals surface area contributed by atoms with E-state index in [1.54, 1.807) is 0 Å². The number of nitrogens with two attached hydrogens (primary N) is 3. The van der Waals surface area contributed by atoms with Crippen LogP contribution in [0.4, 0.5) is 0 Å². The molecule has 0 atom stereocenters. The lowest BCUT2D eigenvalue weighted by atomic mass is 9.92. The van der Waals surface area contributed by atoms with Crippen LogP contribution in [0.5, 0.6) is 0 Å². The van der Waals surface area contributed by atoms with Gasteiger partial charge in [0.05, 0.1) is 25.2 Å². The maximum atomic E-state index is 8.89. The molecular weight excluding hydrogens is 150 g/mol. The second kappa shape index (κ2) is 5.42. The Hall–Kier alpha value is -0.240. The largest absolute Gasteiger partial charge is 0.396 e. The van der Waals surface area contributed by atoms with E-state index in [0.29, 0.717) is 0 Å². The maximum absolute atomic E-state index is 8.89. The van der Waals surface area contributed by atoms with E-state index in [1.165, 1.54) is 0 Å². The van der Waals surface area contributed by atoms with E-state index in [0.717, 1.165) is 0 Å². The summed E-state index contributed by atoms with van der Waals surface area (Å²) in [6.45, 7) is 0.282. The van der Waals surface area contributed by atoms with Gasteiger partial charge in [0.2, 0.25) is 0 Å². The first-order chi connectivity index (χ1) is 5.24. The van der Waals surface area contributed by atoms with Crippen LogP contribution in [0.15, 0.2) is 0 Å². The summed E-state index contributed by atoms with van der Waals surface area (Å²) < 4.78 is 0. The lowest BCUT2D eigenvalue weighted by Gasteiger charge is -2.27. The molecular formula is C5H15N3O3. The van der Waals surface area contributed by atoms with Gasteiger partial charge in [0, 0.05) is 6.54 Å². The molecule has 6 heteroatoms. The number of aliphatic hydroxyl groups is 1. The topological polar surface area (TPSA) is 117 Å². The van der Waals surface area contributed by atoms with Gasteiger partial charge < -0.3 is 20.5 Å². The van der Waals surface area contributed by atoms with Crippen molar-refractivity contribution < 1.29 is 14.8 Å². The molecule has 0 spiro atoms. The Morgan fingerprint density at radius 2 is 1.64 bits per heavy atom. The molecule has 0 unspecified atom stereocenters. The van der Waals surface area contributed by atoms with E-state index in [9.17, 15) is 0 Å². The van der Waals surface area contributed by atoms with Crippen LogP contribution < -0.4 is 17.5 Å². The molecule has 0 aliphatic carbocycles. The summed E-state index contributed by atoms with van der Waals surface area (Å²) in [4.78, 5) is 8.73. The van der Waals surface area contributed by atoms with Crippen molar-refractivity contribution in [1.29, 1.82) is 0 Å². The van der Waals surface area contributed by atoms with Gasteiger partial charge in [-0.3, -0.25) is 0 Å². The molecule has 0 saturated heterocycles. The van der Waals surface area contributed by atoms with Gasteiger partial charge in [0.15, 0.2) is 0 Å².